The molecule has 1 aliphatic rings. The fourth-order valence-corrected chi connectivity index (χ4v) is 4.10. The van der Waals surface area contributed by atoms with E-state index in [0.29, 0.717) is 29.1 Å². The molecule has 0 aliphatic carbocycles. The van der Waals surface area contributed by atoms with Gasteiger partial charge in [0, 0.05) is 17.7 Å². The van der Waals surface area contributed by atoms with E-state index in [2.05, 4.69) is 9.82 Å². The van der Waals surface area contributed by atoms with Crippen LogP contribution in [0.1, 0.15) is 34.1 Å². The van der Waals surface area contributed by atoms with Crippen LogP contribution in [-0.4, -0.2) is 38.4 Å². The SMILES string of the molecule is COc1ccccc1[C@@H]1CC(c2cccc(NS(C)(=O)=O)c2)=NN1C(=O)c1ccco1. The summed E-state index contributed by atoms with van der Waals surface area (Å²) in [6.45, 7) is 0. The van der Waals surface area contributed by atoms with E-state index < -0.39 is 16.1 Å². The molecule has 4 rings (SSSR count). The Bertz CT molecular complexity index is 1240. The van der Waals surface area contributed by atoms with Crippen LogP contribution < -0.4 is 9.46 Å². The molecule has 0 saturated carbocycles. The molecule has 9 heteroatoms. The van der Waals surface area contributed by atoms with E-state index >= 15 is 0 Å². The van der Waals surface area contributed by atoms with E-state index in [1.54, 1.807) is 37.4 Å². The maximum absolute atomic E-state index is 13.1. The third kappa shape index (κ3) is 4.46. The second kappa shape index (κ2) is 8.27. The van der Waals surface area contributed by atoms with Crippen molar-refractivity contribution in [2.24, 2.45) is 5.10 Å². The lowest BCUT2D eigenvalue weighted by Crippen LogP contribution is -2.27. The van der Waals surface area contributed by atoms with Crippen molar-refractivity contribution in [2.45, 2.75) is 12.5 Å². The molecule has 0 saturated heterocycles. The Kier molecular flexibility index (Phi) is 5.51. The van der Waals surface area contributed by atoms with Crippen LogP contribution in [0.15, 0.2) is 76.4 Å². The molecule has 1 atom stereocenters. The largest absolute Gasteiger partial charge is 0.496 e. The van der Waals surface area contributed by atoms with Gasteiger partial charge in [0.1, 0.15) is 5.75 Å². The van der Waals surface area contributed by atoms with Crippen LogP contribution in [0, 0.1) is 0 Å². The van der Waals surface area contributed by atoms with Gasteiger partial charge in [-0.3, -0.25) is 9.52 Å². The summed E-state index contributed by atoms with van der Waals surface area (Å²) in [5, 5.41) is 5.98. The minimum atomic E-state index is -3.42. The molecule has 0 radical (unpaired) electrons. The third-order valence-electron chi connectivity index (χ3n) is 4.85. The number of furan rings is 1. The number of sulfonamides is 1. The summed E-state index contributed by atoms with van der Waals surface area (Å²) in [5.41, 5.74) is 2.60. The number of para-hydroxylation sites is 1. The molecule has 0 fully saturated rings. The number of rotatable bonds is 6. The van der Waals surface area contributed by atoms with Gasteiger partial charge >= 0.3 is 5.91 Å². The van der Waals surface area contributed by atoms with Crippen LogP contribution in [0.3, 0.4) is 0 Å². The number of carbonyl (C=O) groups excluding carboxylic acids is 1. The molecule has 1 amide bonds. The van der Waals surface area contributed by atoms with Crippen LogP contribution in [0.4, 0.5) is 5.69 Å². The first-order valence-electron chi connectivity index (χ1n) is 9.51. The highest BCUT2D eigenvalue weighted by atomic mass is 32.2. The van der Waals surface area contributed by atoms with Gasteiger partial charge in [-0.15, -0.1) is 0 Å². The fraction of sp³-hybridized carbons (Fsp3) is 0.182. The number of nitrogens with one attached hydrogen (secondary N) is 1. The van der Waals surface area contributed by atoms with Gasteiger partial charge < -0.3 is 9.15 Å². The van der Waals surface area contributed by atoms with Crippen LogP contribution in [0.25, 0.3) is 0 Å². The standard InChI is InChI=1S/C22H21N3O5S/c1-29-20-10-4-3-9-17(20)19-14-18(23-25(19)22(26)21-11-6-12-30-21)15-7-5-8-16(13-15)24-31(2,27)28/h3-13,19,24H,14H2,1-2H3/t19-/m0/s1. The number of nitrogens with zero attached hydrogens (tertiary/aromatic N) is 2. The predicted molar refractivity (Wildman–Crippen MR) is 117 cm³/mol. The third-order valence-corrected chi connectivity index (χ3v) is 5.45. The summed E-state index contributed by atoms with van der Waals surface area (Å²) < 4.78 is 36.5. The van der Waals surface area contributed by atoms with Crippen molar-refractivity contribution in [3.63, 3.8) is 0 Å². The molecule has 0 unspecified atom stereocenters. The molecule has 2 aromatic carbocycles. The van der Waals surface area contributed by atoms with Gasteiger partial charge in [-0.25, -0.2) is 13.4 Å². The Morgan fingerprint density at radius 1 is 1.16 bits per heavy atom. The summed E-state index contributed by atoms with van der Waals surface area (Å²) in [5.74, 6) is 0.451. The van der Waals surface area contributed by atoms with E-state index in [1.165, 1.54) is 11.3 Å². The summed E-state index contributed by atoms with van der Waals surface area (Å²) in [7, 11) is -1.84. The zero-order valence-electron chi connectivity index (χ0n) is 17.0. The Hall–Kier alpha value is -3.59. The summed E-state index contributed by atoms with van der Waals surface area (Å²) in [6, 6.07) is 17.2. The normalized spacial score (nSPS) is 16.1. The first kappa shape index (κ1) is 20.7. The predicted octanol–water partition coefficient (Wildman–Crippen LogP) is 3.65. The van der Waals surface area contributed by atoms with Gasteiger partial charge in [-0.1, -0.05) is 30.3 Å². The highest BCUT2D eigenvalue weighted by Gasteiger charge is 2.36. The highest BCUT2D eigenvalue weighted by molar-refractivity contribution is 7.92. The Morgan fingerprint density at radius 3 is 2.68 bits per heavy atom. The quantitative estimate of drug-likeness (QED) is 0.632. The van der Waals surface area contributed by atoms with E-state index in [4.69, 9.17) is 9.15 Å². The van der Waals surface area contributed by atoms with Gasteiger partial charge in [0.05, 0.1) is 31.4 Å². The first-order valence-corrected chi connectivity index (χ1v) is 11.4. The summed E-state index contributed by atoms with van der Waals surface area (Å²) in [6.07, 6.45) is 2.95. The number of hydrogen-bond acceptors (Lipinski definition) is 6. The number of carbonyl (C=O) groups is 1. The minimum Gasteiger partial charge on any atom is -0.496 e. The highest BCUT2D eigenvalue weighted by Crippen LogP contribution is 2.38. The molecule has 1 N–H and O–H groups in total. The van der Waals surface area contributed by atoms with Crippen LogP contribution >= 0.6 is 0 Å². The number of anilines is 1. The van der Waals surface area contributed by atoms with E-state index in [9.17, 15) is 13.2 Å². The molecule has 0 spiro atoms. The second-order valence-corrected chi connectivity index (χ2v) is 8.84. The Morgan fingerprint density at radius 2 is 1.97 bits per heavy atom. The number of amides is 1. The van der Waals surface area contributed by atoms with Crippen molar-refractivity contribution >= 4 is 27.3 Å². The number of hydrogen-bond donors (Lipinski definition) is 1. The first-order chi connectivity index (χ1) is 14.9. The lowest BCUT2D eigenvalue weighted by molar-refractivity contribution is 0.0677. The Labute approximate surface area is 180 Å². The number of methoxy groups -OCH3 is 1. The van der Waals surface area contributed by atoms with Crippen molar-refractivity contribution in [2.75, 3.05) is 18.1 Å². The summed E-state index contributed by atoms with van der Waals surface area (Å²) >= 11 is 0. The molecule has 1 aromatic heterocycles. The number of ether oxygens (including phenoxy) is 1. The number of hydrazone groups is 1. The van der Waals surface area contributed by atoms with Gasteiger partial charge in [-0.05, 0) is 35.9 Å². The van der Waals surface area contributed by atoms with Crippen molar-refractivity contribution in [3.05, 3.63) is 83.8 Å². The van der Waals surface area contributed by atoms with Gasteiger partial charge in [0.25, 0.3) is 0 Å². The lowest BCUT2D eigenvalue weighted by atomic mass is 9.97. The van der Waals surface area contributed by atoms with Crippen LogP contribution in [0.5, 0.6) is 5.75 Å². The molecular weight excluding hydrogens is 418 g/mol. The van der Waals surface area contributed by atoms with Gasteiger partial charge in [0.15, 0.2) is 5.76 Å². The monoisotopic (exact) mass is 439 g/mol. The molecule has 31 heavy (non-hydrogen) atoms. The van der Waals surface area contributed by atoms with Crippen LogP contribution in [0.2, 0.25) is 0 Å². The lowest BCUT2D eigenvalue weighted by Gasteiger charge is -2.22. The maximum atomic E-state index is 13.1. The molecule has 3 aromatic rings. The average molecular weight is 439 g/mol. The molecule has 1 aliphatic heterocycles. The van der Waals surface area contributed by atoms with Gasteiger partial charge in [-0.2, -0.15) is 5.10 Å². The second-order valence-electron chi connectivity index (χ2n) is 7.09. The van der Waals surface area contributed by atoms with Crippen molar-refractivity contribution in [1.82, 2.24) is 5.01 Å². The van der Waals surface area contributed by atoms with Crippen molar-refractivity contribution < 1.29 is 22.4 Å². The zero-order chi connectivity index (χ0) is 22.0. The summed E-state index contributed by atoms with van der Waals surface area (Å²) in [4.78, 5) is 13.1. The molecule has 0 bridgehead atoms. The zero-order valence-corrected chi connectivity index (χ0v) is 17.8. The van der Waals surface area contributed by atoms with E-state index in [1.807, 2.05) is 30.3 Å². The molecular formula is C22H21N3O5S. The average Bonchev–Trinajstić information content (AvgIpc) is 3.42. The topological polar surface area (TPSA) is 101 Å². The van der Waals surface area contributed by atoms with E-state index in [-0.39, 0.29) is 11.7 Å². The van der Waals surface area contributed by atoms with Crippen LogP contribution in [-0.2, 0) is 10.0 Å². The molecule has 8 nitrogen and oxygen atoms in total. The number of benzene rings is 2. The Balaban J connectivity index is 1.74. The molecule has 2 heterocycles. The van der Waals surface area contributed by atoms with Crippen molar-refractivity contribution in [3.8, 4) is 5.75 Å². The molecule has 160 valence electrons. The minimum absolute atomic E-state index is 0.178. The smallest absolute Gasteiger partial charge is 0.310 e. The fourth-order valence-electron chi connectivity index (χ4n) is 3.55. The van der Waals surface area contributed by atoms with Gasteiger partial charge in [0.2, 0.25) is 10.0 Å². The maximum Gasteiger partial charge on any atom is 0.310 e. The van der Waals surface area contributed by atoms with E-state index in [0.717, 1.165) is 11.8 Å². The van der Waals surface area contributed by atoms with Crippen molar-refractivity contribution in [1.29, 1.82) is 0 Å².